The van der Waals surface area contributed by atoms with Crippen molar-refractivity contribution in [3.63, 3.8) is 0 Å². The molecule has 2 aliphatic heterocycles. The molecule has 3 unspecified atom stereocenters. The number of benzene rings is 1. The van der Waals surface area contributed by atoms with Crippen molar-refractivity contribution in [2.45, 2.75) is 89.5 Å². The molecule has 2 saturated heterocycles. The largest absolute Gasteiger partial charge is 0.465 e. The van der Waals surface area contributed by atoms with Crippen LogP contribution in [0, 0.1) is 11.3 Å². The highest BCUT2D eigenvalue weighted by atomic mass is 16.6. The number of hydrogen-bond acceptors (Lipinski definition) is 8. The Bertz CT molecular complexity index is 1230. The topological polar surface area (TPSA) is 120 Å². The first-order valence-corrected chi connectivity index (χ1v) is 16.0. The normalized spacial score (nSPS) is 21.2. The number of carbonyl (C=O) groups excluding carboxylic acids is 5. The molecule has 3 aliphatic rings. The molecule has 1 aromatic rings. The first-order valence-electron chi connectivity index (χ1n) is 16.0. The fourth-order valence-electron chi connectivity index (χ4n) is 6.77. The van der Waals surface area contributed by atoms with Crippen molar-refractivity contribution in [2.24, 2.45) is 11.3 Å². The van der Waals surface area contributed by atoms with E-state index in [1.165, 1.54) is 11.8 Å². The average Bonchev–Trinajstić information content (AvgIpc) is 3.53. The molecular weight excluding hydrogens is 576 g/mol. The van der Waals surface area contributed by atoms with Gasteiger partial charge in [-0.3, -0.25) is 24.0 Å². The molecule has 4 rings (SSSR count). The van der Waals surface area contributed by atoms with Crippen LogP contribution in [0.25, 0.3) is 0 Å². The van der Waals surface area contributed by atoms with Gasteiger partial charge in [0.2, 0.25) is 11.7 Å². The summed E-state index contributed by atoms with van der Waals surface area (Å²) in [4.78, 5) is 69.0. The van der Waals surface area contributed by atoms with Gasteiger partial charge in [0, 0.05) is 13.5 Å². The minimum Gasteiger partial charge on any atom is -0.465 e. The van der Waals surface area contributed by atoms with Crippen LogP contribution in [-0.4, -0.2) is 83.8 Å². The van der Waals surface area contributed by atoms with E-state index < -0.39 is 41.1 Å². The van der Waals surface area contributed by atoms with E-state index in [4.69, 9.17) is 14.2 Å². The number of ketones is 1. The molecule has 10 heteroatoms. The van der Waals surface area contributed by atoms with Crippen LogP contribution < -0.4 is 0 Å². The van der Waals surface area contributed by atoms with Crippen molar-refractivity contribution in [1.29, 1.82) is 0 Å². The quantitative estimate of drug-likeness (QED) is 0.153. The summed E-state index contributed by atoms with van der Waals surface area (Å²) < 4.78 is 17.1. The van der Waals surface area contributed by atoms with Crippen LogP contribution in [0.1, 0.15) is 70.3 Å². The van der Waals surface area contributed by atoms with E-state index in [0.29, 0.717) is 38.5 Å². The van der Waals surface area contributed by atoms with Gasteiger partial charge in [-0.05, 0) is 50.5 Å². The summed E-state index contributed by atoms with van der Waals surface area (Å²) in [6.45, 7) is 9.27. The van der Waals surface area contributed by atoms with E-state index in [9.17, 15) is 24.0 Å². The zero-order chi connectivity index (χ0) is 32.4. The Kier molecular flexibility index (Phi) is 12.1. The summed E-state index contributed by atoms with van der Waals surface area (Å²) in [5, 5.41) is 0. The van der Waals surface area contributed by atoms with Gasteiger partial charge >= 0.3 is 11.9 Å². The smallest absolute Gasteiger partial charge is 0.309 e. The number of allylic oxidation sites excluding steroid dienone is 2. The number of esters is 2. The molecule has 0 N–H and O–H groups in total. The molecule has 0 aromatic heterocycles. The maximum absolute atomic E-state index is 13.9. The van der Waals surface area contributed by atoms with Crippen LogP contribution in [-0.2, 0) is 44.8 Å². The molecule has 2 heterocycles. The van der Waals surface area contributed by atoms with Gasteiger partial charge < -0.3 is 24.0 Å². The molecule has 1 aliphatic carbocycles. The molecule has 0 spiro atoms. The first-order chi connectivity index (χ1) is 21.7. The van der Waals surface area contributed by atoms with Crippen molar-refractivity contribution in [1.82, 2.24) is 9.80 Å². The van der Waals surface area contributed by atoms with Crippen LogP contribution in [0.3, 0.4) is 0 Å². The van der Waals surface area contributed by atoms with E-state index in [2.05, 4.69) is 13.2 Å². The number of piperazine rings is 1. The highest BCUT2D eigenvalue weighted by Crippen LogP contribution is 2.41. The van der Waals surface area contributed by atoms with Gasteiger partial charge in [-0.2, -0.15) is 0 Å². The van der Waals surface area contributed by atoms with E-state index in [1.807, 2.05) is 30.3 Å². The maximum Gasteiger partial charge on any atom is 0.309 e. The lowest BCUT2D eigenvalue weighted by Gasteiger charge is -2.50. The predicted octanol–water partition coefficient (Wildman–Crippen LogP) is 4.17. The Balaban J connectivity index is 1.47. The predicted molar refractivity (Wildman–Crippen MR) is 166 cm³/mol. The molecule has 3 fully saturated rings. The number of nitrogens with zero attached hydrogens (tertiary/aromatic N) is 2. The SMILES string of the molecule is C=CCC(CC=C)C(=O)OCC(CN1CC2CCCC(C1=O)N2C(=O)C(=O)C1(COC(C)=O)CCCC1)OCc1ccccc1. The van der Waals surface area contributed by atoms with Crippen LogP contribution in [0.2, 0.25) is 0 Å². The molecule has 2 amide bonds. The monoisotopic (exact) mass is 622 g/mol. The fourth-order valence-corrected chi connectivity index (χ4v) is 6.77. The number of piperidine rings is 1. The van der Waals surface area contributed by atoms with Crippen LogP contribution in [0.15, 0.2) is 55.6 Å². The number of Topliss-reactive ketones (excluding diaryl/α,β-unsaturated/α-hetero) is 1. The standard InChI is InChI=1S/C35H46N2O8/c1-4-12-27(13-5-2)34(42)44-23-29(43-22-26-14-7-6-8-15-26)21-36-20-28-16-11-17-30(32(36)40)37(28)33(41)31(39)35(18-9-10-19-35)24-45-25(3)38/h4-8,14-15,27-30H,1-2,9-13,16-24H2,3H3. The van der Waals surface area contributed by atoms with Crippen molar-refractivity contribution in [2.75, 3.05) is 26.3 Å². The molecule has 1 aromatic carbocycles. The fraction of sp³-hybridized carbons (Fsp3) is 0.571. The van der Waals surface area contributed by atoms with Crippen LogP contribution in [0.5, 0.6) is 0 Å². The Hall–Kier alpha value is -3.79. The van der Waals surface area contributed by atoms with Gasteiger partial charge in [-0.25, -0.2) is 0 Å². The minimum absolute atomic E-state index is 0.0463. The summed E-state index contributed by atoms with van der Waals surface area (Å²) in [5.41, 5.74) is -0.0938. The van der Waals surface area contributed by atoms with Gasteiger partial charge in [0.25, 0.3) is 5.91 Å². The second kappa shape index (κ2) is 16.0. The lowest BCUT2D eigenvalue weighted by Crippen LogP contribution is -2.67. The third kappa shape index (κ3) is 8.48. The third-order valence-electron chi connectivity index (χ3n) is 9.19. The molecular formula is C35H46N2O8. The number of ether oxygens (including phenoxy) is 3. The van der Waals surface area contributed by atoms with Crippen LogP contribution >= 0.6 is 0 Å². The number of hydrogen-bond donors (Lipinski definition) is 0. The molecule has 244 valence electrons. The molecule has 2 bridgehead atoms. The Labute approximate surface area is 265 Å². The maximum atomic E-state index is 13.9. The van der Waals surface area contributed by atoms with Gasteiger partial charge in [0.1, 0.15) is 25.4 Å². The summed E-state index contributed by atoms with van der Waals surface area (Å²) in [5.74, 6) is -2.74. The molecule has 0 radical (unpaired) electrons. The molecule has 10 nitrogen and oxygen atoms in total. The van der Waals surface area contributed by atoms with Gasteiger partial charge in [0.15, 0.2) is 0 Å². The number of fused-ring (bicyclic) bond motifs is 2. The summed E-state index contributed by atoms with van der Waals surface area (Å²) in [7, 11) is 0. The Morgan fingerprint density at radius 1 is 1.00 bits per heavy atom. The number of rotatable bonds is 16. The van der Waals surface area contributed by atoms with E-state index in [-0.39, 0.29) is 50.8 Å². The van der Waals surface area contributed by atoms with Crippen molar-refractivity contribution < 1.29 is 38.2 Å². The second-order valence-electron chi connectivity index (χ2n) is 12.4. The number of likely N-dealkylation sites (tertiary alicyclic amines) is 1. The van der Waals surface area contributed by atoms with Gasteiger partial charge in [0.05, 0.1) is 30.5 Å². The Morgan fingerprint density at radius 3 is 2.33 bits per heavy atom. The second-order valence-corrected chi connectivity index (χ2v) is 12.4. The van der Waals surface area contributed by atoms with Crippen LogP contribution in [0.4, 0.5) is 0 Å². The molecule has 1 saturated carbocycles. The zero-order valence-electron chi connectivity index (χ0n) is 26.3. The average molecular weight is 623 g/mol. The number of amides is 2. The van der Waals surface area contributed by atoms with E-state index >= 15 is 0 Å². The lowest BCUT2D eigenvalue weighted by molar-refractivity contribution is -0.169. The molecule has 3 atom stereocenters. The summed E-state index contributed by atoms with van der Waals surface area (Å²) >= 11 is 0. The first kappa shape index (κ1) is 34.1. The van der Waals surface area contributed by atoms with Gasteiger partial charge in [-0.15, -0.1) is 13.2 Å². The highest BCUT2D eigenvalue weighted by Gasteiger charge is 2.52. The van der Waals surface area contributed by atoms with Crippen molar-refractivity contribution >= 4 is 29.5 Å². The minimum atomic E-state index is -1.04. The Morgan fingerprint density at radius 2 is 1.69 bits per heavy atom. The highest BCUT2D eigenvalue weighted by molar-refractivity contribution is 6.38. The lowest BCUT2D eigenvalue weighted by atomic mass is 9.80. The summed E-state index contributed by atoms with van der Waals surface area (Å²) in [6, 6.07) is 8.51. The zero-order valence-corrected chi connectivity index (χ0v) is 26.3. The van der Waals surface area contributed by atoms with Crippen molar-refractivity contribution in [3.8, 4) is 0 Å². The summed E-state index contributed by atoms with van der Waals surface area (Å²) in [6.07, 6.45) is 8.04. The molecule has 45 heavy (non-hydrogen) atoms. The number of carbonyl (C=O) groups is 5. The van der Waals surface area contributed by atoms with Crippen molar-refractivity contribution in [3.05, 3.63) is 61.2 Å². The van der Waals surface area contributed by atoms with E-state index in [0.717, 1.165) is 24.8 Å². The van der Waals surface area contributed by atoms with Gasteiger partial charge in [-0.1, -0.05) is 55.3 Å². The van der Waals surface area contributed by atoms with E-state index in [1.54, 1.807) is 17.1 Å². The third-order valence-corrected chi connectivity index (χ3v) is 9.19.